The summed E-state index contributed by atoms with van der Waals surface area (Å²) in [4.78, 5) is 29.5. The molecule has 3 aromatic carbocycles. The van der Waals surface area contributed by atoms with E-state index in [1.54, 1.807) is 48.5 Å². The minimum absolute atomic E-state index is 0.0921. The third-order valence-corrected chi connectivity index (χ3v) is 6.34. The fourth-order valence-electron chi connectivity index (χ4n) is 4.22. The smallest absolute Gasteiger partial charge is 0.267 e. The molecular weight excluding hydrogens is 478 g/mol. The normalized spacial score (nSPS) is 12.6. The third-order valence-electron chi connectivity index (χ3n) is 6.01. The van der Waals surface area contributed by atoms with Crippen molar-refractivity contribution in [3.05, 3.63) is 99.8 Å². The van der Waals surface area contributed by atoms with Crippen LogP contribution in [0, 0.1) is 6.92 Å². The maximum absolute atomic E-state index is 13.2. The first-order valence-corrected chi connectivity index (χ1v) is 11.9. The van der Waals surface area contributed by atoms with Crippen molar-refractivity contribution in [2.45, 2.75) is 13.3 Å². The monoisotopic (exact) mass is 501 g/mol. The molecule has 0 unspecified atom stereocenters. The van der Waals surface area contributed by atoms with E-state index < -0.39 is 11.8 Å². The summed E-state index contributed by atoms with van der Waals surface area (Å²) in [6.07, 6.45) is 2.24. The highest BCUT2D eigenvalue weighted by atomic mass is 35.5. The van der Waals surface area contributed by atoms with Crippen LogP contribution in [0.2, 0.25) is 5.02 Å². The number of nitrogens with one attached hydrogen (secondary N) is 3. The van der Waals surface area contributed by atoms with Crippen molar-refractivity contribution >= 4 is 40.4 Å². The van der Waals surface area contributed by atoms with Gasteiger partial charge in [0, 0.05) is 23.1 Å². The number of aromatic nitrogens is 1. The molecule has 2 amide bonds. The molecule has 3 N–H and O–H groups in total. The number of H-pyrrole nitrogens is 1. The molecule has 182 valence electrons. The number of carbonyl (C=O) groups excluding carboxylic acids is 2. The second-order valence-electron chi connectivity index (χ2n) is 8.38. The Morgan fingerprint density at radius 3 is 2.67 bits per heavy atom. The Morgan fingerprint density at radius 2 is 1.81 bits per heavy atom. The van der Waals surface area contributed by atoms with Gasteiger partial charge in [0.2, 0.25) is 6.79 Å². The SMILES string of the molecule is Cc1[nH]c2ccccc2c1CCNC(=O)C(=Cc1ccc2c(c1)OCO2)NC(=O)c1ccccc1Cl. The lowest BCUT2D eigenvalue weighted by Gasteiger charge is -2.12. The van der Waals surface area contributed by atoms with Crippen LogP contribution < -0.4 is 20.1 Å². The molecule has 0 aliphatic carbocycles. The number of fused-ring (bicyclic) bond motifs is 2. The van der Waals surface area contributed by atoms with Crippen molar-refractivity contribution in [2.75, 3.05) is 13.3 Å². The molecule has 36 heavy (non-hydrogen) atoms. The lowest BCUT2D eigenvalue weighted by Crippen LogP contribution is -2.36. The van der Waals surface area contributed by atoms with E-state index in [1.165, 1.54) is 0 Å². The number of amides is 2. The molecule has 7 nitrogen and oxygen atoms in total. The van der Waals surface area contributed by atoms with Gasteiger partial charge >= 0.3 is 0 Å². The predicted molar refractivity (Wildman–Crippen MR) is 139 cm³/mol. The van der Waals surface area contributed by atoms with Gasteiger partial charge in [-0.2, -0.15) is 0 Å². The van der Waals surface area contributed by atoms with Crippen LogP contribution in [0.5, 0.6) is 11.5 Å². The highest BCUT2D eigenvalue weighted by Crippen LogP contribution is 2.33. The Morgan fingerprint density at radius 1 is 1.03 bits per heavy atom. The highest BCUT2D eigenvalue weighted by molar-refractivity contribution is 6.34. The average molecular weight is 502 g/mol. The van der Waals surface area contributed by atoms with E-state index in [-0.39, 0.29) is 18.1 Å². The minimum atomic E-state index is -0.477. The number of para-hydroxylation sites is 1. The summed E-state index contributed by atoms with van der Waals surface area (Å²) in [6.45, 7) is 2.56. The molecule has 0 spiro atoms. The Labute approximate surface area is 213 Å². The first-order valence-electron chi connectivity index (χ1n) is 11.5. The molecule has 8 heteroatoms. The van der Waals surface area contributed by atoms with E-state index in [0.717, 1.165) is 22.2 Å². The zero-order chi connectivity index (χ0) is 25.1. The lowest BCUT2D eigenvalue weighted by atomic mass is 10.1. The van der Waals surface area contributed by atoms with Crippen LogP contribution in [0.3, 0.4) is 0 Å². The summed E-state index contributed by atoms with van der Waals surface area (Å²) < 4.78 is 10.8. The van der Waals surface area contributed by atoms with Crippen LogP contribution in [0.4, 0.5) is 0 Å². The zero-order valence-corrected chi connectivity index (χ0v) is 20.3. The number of hydrogen-bond acceptors (Lipinski definition) is 4. The molecule has 1 aliphatic heterocycles. The van der Waals surface area contributed by atoms with E-state index in [0.29, 0.717) is 35.1 Å². The first kappa shape index (κ1) is 23.5. The van der Waals surface area contributed by atoms with Gasteiger partial charge in [-0.3, -0.25) is 9.59 Å². The van der Waals surface area contributed by atoms with Crippen molar-refractivity contribution < 1.29 is 19.1 Å². The largest absolute Gasteiger partial charge is 0.454 e. The van der Waals surface area contributed by atoms with Gasteiger partial charge in [-0.05, 0) is 60.9 Å². The number of ether oxygens (including phenoxy) is 2. The zero-order valence-electron chi connectivity index (χ0n) is 19.6. The molecule has 0 radical (unpaired) electrons. The lowest BCUT2D eigenvalue weighted by molar-refractivity contribution is -0.117. The Bertz CT molecular complexity index is 1490. The van der Waals surface area contributed by atoms with Crippen LogP contribution in [0.15, 0.2) is 72.4 Å². The van der Waals surface area contributed by atoms with Crippen LogP contribution in [0.1, 0.15) is 27.2 Å². The molecule has 0 atom stereocenters. The van der Waals surface area contributed by atoms with Gasteiger partial charge in [0.05, 0.1) is 10.6 Å². The molecule has 1 aromatic heterocycles. The summed E-state index contributed by atoms with van der Waals surface area (Å²) in [6, 6.07) is 20.1. The van der Waals surface area contributed by atoms with Crippen LogP contribution in [-0.4, -0.2) is 30.1 Å². The van der Waals surface area contributed by atoms with Crippen molar-refractivity contribution in [3.63, 3.8) is 0 Å². The topological polar surface area (TPSA) is 92.5 Å². The standard InChI is InChI=1S/C28H24ClN3O4/c1-17-19(20-6-3-5-9-23(20)31-17)12-13-30-28(34)24(32-27(33)21-7-2-4-8-22(21)29)14-18-10-11-25-26(15-18)36-16-35-25/h2-11,14-15,31H,12-13,16H2,1H3,(H,30,34)(H,32,33). The summed E-state index contributed by atoms with van der Waals surface area (Å²) in [5, 5.41) is 7.09. The van der Waals surface area contributed by atoms with Gasteiger partial charge < -0.3 is 25.1 Å². The number of rotatable bonds is 7. The molecule has 0 bridgehead atoms. The number of halogens is 1. The van der Waals surface area contributed by atoms with Gasteiger partial charge in [-0.25, -0.2) is 0 Å². The maximum Gasteiger partial charge on any atom is 0.267 e. The molecule has 0 fully saturated rings. The second kappa shape index (κ2) is 10.2. The minimum Gasteiger partial charge on any atom is -0.454 e. The summed E-state index contributed by atoms with van der Waals surface area (Å²) in [5.74, 6) is 0.323. The van der Waals surface area contributed by atoms with Gasteiger partial charge in [-0.15, -0.1) is 0 Å². The van der Waals surface area contributed by atoms with Crippen LogP contribution >= 0.6 is 11.6 Å². The number of hydrogen-bond donors (Lipinski definition) is 3. The van der Waals surface area contributed by atoms with Gasteiger partial charge in [-0.1, -0.05) is 48.0 Å². The van der Waals surface area contributed by atoms with E-state index >= 15 is 0 Å². The van der Waals surface area contributed by atoms with Gasteiger partial charge in [0.1, 0.15) is 5.70 Å². The Balaban J connectivity index is 1.36. The molecule has 5 rings (SSSR count). The summed E-state index contributed by atoms with van der Waals surface area (Å²) >= 11 is 6.20. The van der Waals surface area contributed by atoms with Gasteiger partial charge in [0.15, 0.2) is 11.5 Å². The van der Waals surface area contributed by atoms with Crippen molar-refractivity contribution in [1.29, 1.82) is 0 Å². The average Bonchev–Trinajstić information content (AvgIpc) is 3.47. The highest BCUT2D eigenvalue weighted by Gasteiger charge is 2.18. The fraction of sp³-hybridized carbons (Fsp3) is 0.143. The number of benzene rings is 3. The predicted octanol–water partition coefficient (Wildman–Crippen LogP) is 4.99. The first-order chi connectivity index (χ1) is 17.5. The van der Waals surface area contributed by atoms with Crippen LogP contribution in [-0.2, 0) is 11.2 Å². The van der Waals surface area contributed by atoms with E-state index in [9.17, 15) is 9.59 Å². The van der Waals surface area contributed by atoms with Crippen LogP contribution in [0.25, 0.3) is 17.0 Å². The number of aromatic amines is 1. The molecule has 0 saturated heterocycles. The molecular formula is C28H24ClN3O4. The quantitative estimate of drug-likeness (QED) is 0.311. The van der Waals surface area contributed by atoms with Gasteiger partial charge in [0.25, 0.3) is 11.8 Å². The third kappa shape index (κ3) is 4.92. The number of aryl methyl sites for hydroxylation is 1. The van der Waals surface area contributed by atoms with E-state index in [4.69, 9.17) is 21.1 Å². The molecule has 0 saturated carbocycles. The maximum atomic E-state index is 13.2. The second-order valence-corrected chi connectivity index (χ2v) is 8.79. The summed E-state index contributed by atoms with van der Waals surface area (Å²) in [5.41, 5.74) is 4.32. The molecule has 1 aliphatic rings. The molecule has 4 aromatic rings. The van der Waals surface area contributed by atoms with E-state index in [2.05, 4.69) is 21.7 Å². The van der Waals surface area contributed by atoms with Crippen molar-refractivity contribution in [1.82, 2.24) is 15.6 Å². The van der Waals surface area contributed by atoms with Crippen molar-refractivity contribution in [3.8, 4) is 11.5 Å². The fourth-order valence-corrected chi connectivity index (χ4v) is 4.44. The van der Waals surface area contributed by atoms with E-state index in [1.807, 2.05) is 25.1 Å². The Kier molecular flexibility index (Phi) is 6.64. The number of carbonyl (C=O) groups is 2. The Hall–Kier alpha value is -4.23. The molecule has 2 heterocycles. The van der Waals surface area contributed by atoms with Crippen molar-refractivity contribution in [2.24, 2.45) is 0 Å². The summed E-state index contributed by atoms with van der Waals surface area (Å²) in [7, 11) is 0.